The molecule has 0 radical (unpaired) electrons. The van der Waals surface area contributed by atoms with E-state index in [1.807, 2.05) is 50.2 Å². The molecule has 1 heterocycles. The number of nitrogens with zero attached hydrogens (tertiary/aromatic N) is 1. The summed E-state index contributed by atoms with van der Waals surface area (Å²) >= 11 is 0. The molecule has 12 heteroatoms. The fourth-order valence-electron chi connectivity index (χ4n) is 7.81. The second-order valence-corrected chi connectivity index (χ2v) is 16.1. The summed E-state index contributed by atoms with van der Waals surface area (Å²) in [7, 11) is 0. The van der Waals surface area contributed by atoms with Crippen LogP contribution in [-0.2, 0) is 12.8 Å². The van der Waals surface area contributed by atoms with Crippen molar-refractivity contribution in [1.29, 1.82) is 11.1 Å². The number of nitrogens with two attached hydrogens (primary N) is 1. The molecular weight excluding hydrogens is 761 g/mol. The van der Waals surface area contributed by atoms with Crippen LogP contribution in [-0.4, -0.2) is 78.6 Å². The number of hydrogen-bond donors (Lipinski definition) is 8. The standard InChI is InChI=1S/C27H35NO4.C19H33NO2.C2H6O.H2N2.H2O.H2/c1-4-14-27(32,15-5-2)16-13-20-9-8-10-21(17-20)24(29)19(3)18-28-25(30)22-11-6-7-12-23(22)26(28)31;1-4-10-19(22,11-5-2)12-9-16-7-6-8-17(13-16)18(21)15(3)14-20;1-2-3;1-2;;/h6-12,17,19,24,29,32H,4-5,13-16,18H2,1-3H3;6-8,13,15,18,21-22H,4-5,9-12,14,20H2,1-3H3;3H,2H2,1H3;1-2H;1H2;1H/t19-,24-;15-,18-;;;;/m00..../s1. The minimum absolute atomic E-state index is 0. The molecule has 0 aromatic heterocycles. The van der Waals surface area contributed by atoms with Gasteiger partial charge in [-0.1, -0.05) is 128 Å². The average Bonchev–Trinajstić information content (AvgIpc) is 3.47. The number of aliphatic hydroxyl groups excluding tert-OH is 3. The van der Waals surface area contributed by atoms with E-state index in [2.05, 4.69) is 39.8 Å². The molecule has 340 valence electrons. The summed E-state index contributed by atoms with van der Waals surface area (Å²) in [6.45, 7) is 14.8. The van der Waals surface area contributed by atoms with Crippen LogP contribution in [0.3, 0.4) is 0 Å². The van der Waals surface area contributed by atoms with E-state index in [0.29, 0.717) is 24.1 Å². The Hall–Kier alpha value is -3.88. The Kier molecular flexibility index (Phi) is 27.5. The van der Waals surface area contributed by atoms with Crippen LogP contribution in [0.2, 0.25) is 0 Å². The zero-order chi connectivity index (χ0) is 44.6. The molecule has 0 saturated carbocycles. The number of imide groups is 1. The van der Waals surface area contributed by atoms with Crippen molar-refractivity contribution in [2.45, 2.75) is 149 Å². The first-order valence-corrected chi connectivity index (χ1v) is 21.7. The lowest BCUT2D eigenvalue weighted by molar-refractivity contribution is 0.0127. The Balaban J connectivity index is 0. The van der Waals surface area contributed by atoms with Crippen molar-refractivity contribution in [2.24, 2.45) is 17.6 Å². The molecule has 3 aromatic carbocycles. The van der Waals surface area contributed by atoms with Crippen LogP contribution in [0.25, 0.3) is 0 Å². The Bertz CT molecular complexity index is 1620. The number of hydrogen-bond acceptors (Lipinski definition) is 10. The molecule has 1 aliphatic heterocycles. The van der Waals surface area contributed by atoms with E-state index < -0.39 is 23.4 Å². The molecule has 0 saturated heterocycles. The van der Waals surface area contributed by atoms with Crippen molar-refractivity contribution in [3.05, 3.63) is 106 Å². The van der Waals surface area contributed by atoms with Crippen molar-refractivity contribution < 1.29 is 42.0 Å². The fourth-order valence-corrected chi connectivity index (χ4v) is 7.81. The first-order valence-electron chi connectivity index (χ1n) is 21.7. The highest BCUT2D eigenvalue weighted by atomic mass is 16.3. The van der Waals surface area contributed by atoms with Gasteiger partial charge in [0, 0.05) is 20.5 Å². The monoisotopic (exact) mass is 841 g/mol. The Morgan fingerprint density at radius 1 is 0.633 bits per heavy atom. The second kappa shape index (κ2) is 29.4. The highest BCUT2D eigenvalue weighted by molar-refractivity contribution is 6.21. The normalized spacial score (nSPS) is 14.2. The van der Waals surface area contributed by atoms with E-state index in [1.54, 1.807) is 31.2 Å². The van der Waals surface area contributed by atoms with Gasteiger partial charge < -0.3 is 36.7 Å². The highest BCUT2D eigenvalue weighted by Crippen LogP contribution is 2.31. The Morgan fingerprint density at radius 2 is 0.983 bits per heavy atom. The van der Waals surface area contributed by atoms with Gasteiger partial charge in [0.1, 0.15) is 0 Å². The maximum absolute atomic E-state index is 12.6. The van der Waals surface area contributed by atoms with Gasteiger partial charge in [0.05, 0.1) is 34.5 Å². The Morgan fingerprint density at radius 3 is 1.32 bits per heavy atom. The van der Waals surface area contributed by atoms with Crippen molar-refractivity contribution >= 4 is 11.8 Å². The van der Waals surface area contributed by atoms with Gasteiger partial charge in [-0.15, -0.1) is 0 Å². The number of fused-ring (bicyclic) bond motifs is 1. The molecule has 60 heavy (non-hydrogen) atoms. The van der Waals surface area contributed by atoms with E-state index in [0.717, 1.165) is 87.3 Å². The third kappa shape index (κ3) is 17.6. The molecule has 1 aliphatic rings. The average molecular weight is 841 g/mol. The predicted octanol–water partition coefficient (Wildman–Crippen LogP) is 8.51. The number of aliphatic hydroxyl groups is 5. The SMILES string of the molecule is CCCC(O)(CCC)CCc1cccc([C@@H](O)[C@@H](C)CN)c1.CCCC(O)(CCC)CCc1cccc([C@@H](O)[C@@H](C)CN2C(=O)c3ccccc3C2=O)c1.CCO.N=N.O.[HH]. The molecule has 0 spiro atoms. The summed E-state index contributed by atoms with van der Waals surface area (Å²) in [6.07, 6.45) is 8.93. The zero-order valence-corrected chi connectivity index (χ0v) is 37.4. The topological polar surface area (TPSA) is 244 Å². The van der Waals surface area contributed by atoms with Crippen LogP contribution < -0.4 is 5.73 Å². The summed E-state index contributed by atoms with van der Waals surface area (Å²) in [5.41, 5.74) is 19.2. The molecule has 0 bridgehead atoms. The number of aryl methyl sites for hydroxylation is 2. The minimum Gasteiger partial charge on any atom is -0.412 e. The molecule has 0 fully saturated rings. The number of amides is 2. The van der Waals surface area contributed by atoms with Crippen molar-refractivity contribution in [1.82, 2.24) is 4.90 Å². The third-order valence-corrected chi connectivity index (χ3v) is 11.0. The van der Waals surface area contributed by atoms with E-state index in [-0.39, 0.29) is 43.7 Å². The van der Waals surface area contributed by atoms with E-state index in [4.69, 9.17) is 21.9 Å². The summed E-state index contributed by atoms with van der Waals surface area (Å²) in [4.78, 5) is 26.5. The van der Waals surface area contributed by atoms with Crippen molar-refractivity contribution in [2.75, 3.05) is 19.7 Å². The maximum Gasteiger partial charge on any atom is 0.261 e. The van der Waals surface area contributed by atoms with Crippen LogP contribution in [0.15, 0.2) is 72.8 Å². The maximum atomic E-state index is 12.6. The van der Waals surface area contributed by atoms with Gasteiger partial charge in [0.25, 0.3) is 11.8 Å². The first-order chi connectivity index (χ1) is 28.2. The second-order valence-electron chi connectivity index (χ2n) is 16.1. The summed E-state index contributed by atoms with van der Waals surface area (Å²) in [6, 6.07) is 22.7. The van der Waals surface area contributed by atoms with Gasteiger partial charge in [-0.05, 0) is 105 Å². The van der Waals surface area contributed by atoms with E-state index >= 15 is 0 Å². The molecular formula is C48H80N4O8. The van der Waals surface area contributed by atoms with Crippen molar-refractivity contribution in [3.63, 3.8) is 0 Å². The zero-order valence-electron chi connectivity index (χ0n) is 37.4. The van der Waals surface area contributed by atoms with E-state index in [1.165, 1.54) is 10.5 Å². The van der Waals surface area contributed by atoms with Crippen molar-refractivity contribution in [3.8, 4) is 0 Å². The summed E-state index contributed by atoms with van der Waals surface area (Å²) < 4.78 is 0. The largest absolute Gasteiger partial charge is 0.412 e. The first kappa shape index (κ1) is 56.1. The smallest absolute Gasteiger partial charge is 0.261 e. The van der Waals surface area contributed by atoms with Gasteiger partial charge in [-0.25, -0.2) is 11.1 Å². The van der Waals surface area contributed by atoms with Crippen LogP contribution in [0.4, 0.5) is 0 Å². The van der Waals surface area contributed by atoms with Crippen LogP contribution in [0, 0.1) is 22.9 Å². The number of nitrogens with one attached hydrogen (secondary N) is 2. The van der Waals surface area contributed by atoms with Gasteiger partial charge in [0.15, 0.2) is 0 Å². The number of rotatable bonds is 21. The third-order valence-electron chi connectivity index (χ3n) is 11.0. The quantitative estimate of drug-likeness (QED) is 0.0381. The van der Waals surface area contributed by atoms with E-state index in [9.17, 15) is 30.0 Å². The Labute approximate surface area is 361 Å². The van der Waals surface area contributed by atoms with Crippen LogP contribution in [0.1, 0.15) is 169 Å². The van der Waals surface area contributed by atoms with Gasteiger partial charge in [-0.3, -0.25) is 14.5 Å². The molecule has 12 nitrogen and oxygen atoms in total. The lowest BCUT2D eigenvalue weighted by Crippen LogP contribution is -2.35. The molecule has 2 amide bonds. The molecule has 0 unspecified atom stereocenters. The molecule has 11 N–H and O–H groups in total. The predicted molar refractivity (Wildman–Crippen MR) is 242 cm³/mol. The fraction of sp³-hybridized carbons (Fsp3) is 0.583. The summed E-state index contributed by atoms with van der Waals surface area (Å²) in [5, 5.41) is 50.4. The van der Waals surface area contributed by atoms with Gasteiger partial charge >= 0.3 is 0 Å². The van der Waals surface area contributed by atoms with Crippen LogP contribution >= 0.6 is 0 Å². The molecule has 0 aliphatic carbocycles. The molecule has 4 atom stereocenters. The van der Waals surface area contributed by atoms with Gasteiger partial charge in [0.2, 0.25) is 0 Å². The highest BCUT2D eigenvalue weighted by Gasteiger charge is 2.37. The summed E-state index contributed by atoms with van der Waals surface area (Å²) in [5.74, 6) is -0.869. The number of carbonyl (C=O) groups is 2. The van der Waals surface area contributed by atoms with Crippen LogP contribution in [0.5, 0.6) is 0 Å². The lowest BCUT2D eigenvalue weighted by Gasteiger charge is -2.28. The van der Waals surface area contributed by atoms with Gasteiger partial charge in [-0.2, -0.15) is 0 Å². The lowest BCUT2D eigenvalue weighted by atomic mass is 9.86. The minimum atomic E-state index is -0.801. The molecule has 4 rings (SSSR count). The molecule has 3 aromatic rings. The number of benzene rings is 3. The number of carbonyl (C=O) groups excluding carboxylic acids is 2.